The number of hydrogen-bond acceptors (Lipinski definition) is 2. The van der Waals surface area contributed by atoms with Gasteiger partial charge in [-0.3, -0.25) is 9.59 Å². The molecule has 0 fully saturated rings. The maximum absolute atomic E-state index is 11.8. The van der Waals surface area contributed by atoms with E-state index in [9.17, 15) is 9.59 Å². The second-order valence-corrected chi connectivity index (χ2v) is 5.61. The molecule has 0 saturated carbocycles. The van der Waals surface area contributed by atoms with Gasteiger partial charge in [-0.1, -0.05) is 39.7 Å². The SMILES string of the molecule is Cc1cc(NC(=O)C(=O)Nc2ccccc2Cl)ccc1Br. The third kappa shape index (κ3) is 4.06. The summed E-state index contributed by atoms with van der Waals surface area (Å²) in [5, 5.41) is 5.37. The number of para-hydroxylation sites is 1. The molecule has 0 heterocycles. The highest BCUT2D eigenvalue weighted by molar-refractivity contribution is 9.10. The largest absolute Gasteiger partial charge is 0.318 e. The quantitative estimate of drug-likeness (QED) is 0.789. The lowest BCUT2D eigenvalue weighted by Crippen LogP contribution is -2.29. The molecule has 0 aliphatic heterocycles. The van der Waals surface area contributed by atoms with Crippen LogP contribution in [0.3, 0.4) is 0 Å². The first-order valence-corrected chi connectivity index (χ1v) is 7.27. The fourth-order valence-corrected chi connectivity index (χ4v) is 2.08. The van der Waals surface area contributed by atoms with Crippen molar-refractivity contribution in [3.8, 4) is 0 Å². The van der Waals surface area contributed by atoms with E-state index in [-0.39, 0.29) is 0 Å². The summed E-state index contributed by atoms with van der Waals surface area (Å²) in [6.45, 7) is 1.89. The van der Waals surface area contributed by atoms with Crippen molar-refractivity contribution >= 4 is 50.7 Å². The van der Waals surface area contributed by atoms with Crippen LogP contribution in [0, 0.1) is 6.92 Å². The lowest BCUT2D eigenvalue weighted by molar-refractivity contribution is -0.132. The predicted molar refractivity (Wildman–Crippen MR) is 87.6 cm³/mol. The molecule has 4 nitrogen and oxygen atoms in total. The van der Waals surface area contributed by atoms with Gasteiger partial charge >= 0.3 is 11.8 Å². The smallest absolute Gasteiger partial charge is 0.314 e. The van der Waals surface area contributed by atoms with Crippen molar-refractivity contribution in [3.63, 3.8) is 0 Å². The Hall–Kier alpha value is -1.85. The predicted octanol–water partition coefficient (Wildman–Crippen LogP) is 3.99. The normalized spacial score (nSPS) is 10.0. The highest BCUT2D eigenvalue weighted by Crippen LogP contribution is 2.21. The molecule has 2 aromatic rings. The van der Waals surface area contributed by atoms with Crippen molar-refractivity contribution in [2.45, 2.75) is 6.92 Å². The minimum absolute atomic E-state index is 0.373. The van der Waals surface area contributed by atoms with Gasteiger partial charge in [0.25, 0.3) is 0 Å². The number of hydrogen-bond donors (Lipinski definition) is 2. The molecule has 2 aromatic carbocycles. The molecule has 2 amide bonds. The van der Waals surface area contributed by atoms with Crippen molar-refractivity contribution < 1.29 is 9.59 Å². The topological polar surface area (TPSA) is 58.2 Å². The number of carbonyl (C=O) groups is 2. The molecule has 0 atom stereocenters. The number of benzene rings is 2. The van der Waals surface area contributed by atoms with E-state index in [1.807, 2.05) is 6.92 Å². The lowest BCUT2D eigenvalue weighted by Gasteiger charge is -2.08. The van der Waals surface area contributed by atoms with Crippen molar-refractivity contribution in [2.75, 3.05) is 10.6 Å². The van der Waals surface area contributed by atoms with Crippen LogP contribution >= 0.6 is 27.5 Å². The Kier molecular flexibility index (Phi) is 4.98. The molecule has 0 unspecified atom stereocenters. The van der Waals surface area contributed by atoms with Gasteiger partial charge < -0.3 is 10.6 Å². The van der Waals surface area contributed by atoms with Gasteiger partial charge in [-0.15, -0.1) is 0 Å². The van der Waals surface area contributed by atoms with Crippen LogP contribution in [0.1, 0.15) is 5.56 Å². The first-order chi connectivity index (χ1) is 9.97. The number of aryl methyl sites for hydroxylation is 1. The Labute approximate surface area is 135 Å². The van der Waals surface area contributed by atoms with Crippen molar-refractivity contribution in [1.82, 2.24) is 0 Å². The molecule has 0 aliphatic carbocycles. The lowest BCUT2D eigenvalue weighted by atomic mass is 10.2. The Bertz CT molecular complexity index is 704. The molecular formula is C15H12BrClN2O2. The summed E-state index contributed by atoms with van der Waals surface area (Å²) in [4.78, 5) is 23.7. The number of anilines is 2. The summed E-state index contributed by atoms with van der Waals surface area (Å²) >= 11 is 9.29. The third-order valence-electron chi connectivity index (χ3n) is 2.74. The molecule has 21 heavy (non-hydrogen) atoms. The van der Waals surface area contributed by atoms with Crippen LogP contribution in [-0.2, 0) is 9.59 Å². The van der Waals surface area contributed by atoms with Gasteiger partial charge in [0.1, 0.15) is 0 Å². The zero-order valence-electron chi connectivity index (χ0n) is 11.1. The third-order valence-corrected chi connectivity index (χ3v) is 3.96. The molecule has 0 aliphatic rings. The van der Waals surface area contributed by atoms with Crippen LogP contribution in [0.15, 0.2) is 46.9 Å². The zero-order valence-corrected chi connectivity index (χ0v) is 13.5. The Morgan fingerprint density at radius 1 is 1.05 bits per heavy atom. The number of halogens is 2. The molecule has 108 valence electrons. The average Bonchev–Trinajstić information content (AvgIpc) is 2.45. The van der Waals surface area contributed by atoms with Crippen molar-refractivity contribution in [1.29, 1.82) is 0 Å². The molecule has 0 saturated heterocycles. The first-order valence-electron chi connectivity index (χ1n) is 6.10. The molecule has 0 bridgehead atoms. The fourth-order valence-electron chi connectivity index (χ4n) is 1.65. The van der Waals surface area contributed by atoms with Gasteiger partial charge in [0, 0.05) is 10.2 Å². The summed E-state index contributed by atoms with van der Waals surface area (Å²) < 4.78 is 0.931. The van der Waals surface area contributed by atoms with Gasteiger partial charge in [-0.05, 0) is 42.8 Å². The van der Waals surface area contributed by atoms with E-state index >= 15 is 0 Å². The zero-order chi connectivity index (χ0) is 15.4. The molecule has 2 N–H and O–H groups in total. The number of rotatable bonds is 2. The minimum Gasteiger partial charge on any atom is -0.318 e. The Balaban J connectivity index is 2.04. The van der Waals surface area contributed by atoms with Crippen LogP contribution in [0.4, 0.5) is 11.4 Å². The standard InChI is InChI=1S/C15H12BrClN2O2/c1-9-8-10(6-7-11(9)16)18-14(20)15(21)19-13-5-3-2-4-12(13)17/h2-8H,1H3,(H,18,20)(H,19,21). The van der Waals surface area contributed by atoms with Gasteiger partial charge in [0.2, 0.25) is 0 Å². The molecule has 0 spiro atoms. The number of amides is 2. The second kappa shape index (κ2) is 6.74. The first kappa shape index (κ1) is 15.5. The van der Waals surface area contributed by atoms with E-state index in [0.29, 0.717) is 16.4 Å². The summed E-state index contributed by atoms with van der Waals surface area (Å²) in [5.41, 5.74) is 1.90. The van der Waals surface area contributed by atoms with E-state index in [1.54, 1.807) is 42.5 Å². The van der Waals surface area contributed by atoms with Crippen molar-refractivity contribution in [3.05, 3.63) is 57.5 Å². The monoisotopic (exact) mass is 366 g/mol. The van der Waals surface area contributed by atoms with Gasteiger partial charge in [0.15, 0.2) is 0 Å². The van der Waals surface area contributed by atoms with E-state index in [1.165, 1.54) is 0 Å². The number of nitrogens with one attached hydrogen (secondary N) is 2. The summed E-state index contributed by atoms with van der Waals surface area (Å²) in [5.74, 6) is -1.53. The summed E-state index contributed by atoms with van der Waals surface area (Å²) in [6, 6.07) is 12.0. The van der Waals surface area contributed by atoms with E-state index < -0.39 is 11.8 Å². The highest BCUT2D eigenvalue weighted by atomic mass is 79.9. The molecule has 6 heteroatoms. The van der Waals surface area contributed by atoms with Gasteiger partial charge in [0.05, 0.1) is 10.7 Å². The van der Waals surface area contributed by atoms with Gasteiger partial charge in [-0.25, -0.2) is 0 Å². The van der Waals surface area contributed by atoms with Crippen LogP contribution in [-0.4, -0.2) is 11.8 Å². The van der Waals surface area contributed by atoms with Crippen LogP contribution in [0.25, 0.3) is 0 Å². The van der Waals surface area contributed by atoms with E-state index in [0.717, 1.165) is 10.0 Å². The average molecular weight is 368 g/mol. The summed E-state index contributed by atoms with van der Waals surface area (Å²) in [7, 11) is 0. The Morgan fingerprint density at radius 3 is 2.38 bits per heavy atom. The highest BCUT2D eigenvalue weighted by Gasteiger charge is 2.15. The molecule has 0 aromatic heterocycles. The van der Waals surface area contributed by atoms with E-state index in [2.05, 4.69) is 26.6 Å². The molecular weight excluding hydrogens is 356 g/mol. The second-order valence-electron chi connectivity index (χ2n) is 4.35. The maximum Gasteiger partial charge on any atom is 0.314 e. The Morgan fingerprint density at radius 2 is 1.71 bits per heavy atom. The van der Waals surface area contributed by atoms with Gasteiger partial charge in [-0.2, -0.15) is 0 Å². The van der Waals surface area contributed by atoms with Crippen LogP contribution in [0.5, 0.6) is 0 Å². The minimum atomic E-state index is -0.774. The van der Waals surface area contributed by atoms with Crippen LogP contribution < -0.4 is 10.6 Å². The fraction of sp³-hybridized carbons (Fsp3) is 0.0667. The van der Waals surface area contributed by atoms with Crippen LogP contribution in [0.2, 0.25) is 5.02 Å². The summed E-state index contributed by atoms with van der Waals surface area (Å²) in [6.07, 6.45) is 0. The molecule has 2 rings (SSSR count). The molecule has 0 radical (unpaired) electrons. The van der Waals surface area contributed by atoms with E-state index in [4.69, 9.17) is 11.6 Å². The maximum atomic E-state index is 11.8. The number of carbonyl (C=O) groups excluding carboxylic acids is 2. The van der Waals surface area contributed by atoms with Crippen molar-refractivity contribution in [2.24, 2.45) is 0 Å².